The van der Waals surface area contributed by atoms with Crippen LogP contribution in [0.2, 0.25) is 5.15 Å². The van der Waals surface area contributed by atoms with Crippen molar-refractivity contribution in [2.75, 3.05) is 0 Å². The molecule has 0 atom stereocenters. The van der Waals surface area contributed by atoms with Crippen LogP contribution in [0.4, 0.5) is 4.39 Å². The lowest BCUT2D eigenvalue weighted by molar-refractivity contribution is 0.628. The van der Waals surface area contributed by atoms with Crippen molar-refractivity contribution < 1.29 is 4.39 Å². The fourth-order valence-corrected chi connectivity index (χ4v) is 1.74. The Morgan fingerprint density at radius 2 is 2.06 bits per heavy atom. The van der Waals surface area contributed by atoms with Gasteiger partial charge in [-0.15, -0.1) is 10.2 Å². The van der Waals surface area contributed by atoms with Crippen molar-refractivity contribution in [2.24, 2.45) is 0 Å². The molecule has 2 heterocycles. The largest absolute Gasteiger partial charge is 0.265 e. The third kappa shape index (κ3) is 1.74. The Morgan fingerprint density at radius 3 is 2.88 bits per heavy atom. The summed E-state index contributed by atoms with van der Waals surface area (Å²) in [5, 5.41) is 8.29. The van der Waals surface area contributed by atoms with Crippen LogP contribution < -0.4 is 0 Å². The molecule has 0 spiro atoms. The van der Waals surface area contributed by atoms with E-state index in [4.69, 9.17) is 11.6 Å². The second kappa shape index (κ2) is 3.78. The summed E-state index contributed by atoms with van der Waals surface area (Å²) in [5.41, 5.74) is 1.21. The van der Waals surface area contributed by atoms with E-state index >= 15 is 0 Å². The number of aromatic nitrogens is 4. The van der Waals surface area contributed by atoms with Gasteiger partial charge in [-0.1, -0.05) is 23.7 Å². The Bertz CT molecular complexity index is 695. The number of nitrogens with zero attached hydrogens (tertiary/aromatic N) is 4. The van der Waals surface area contributed by atoms with Crippen LogP contribution >= 0.6 is 11.6 Å². The van der Waals surface area contributed by atoms with Gasteiger partial charge in [0.05, 0.1) is 0 Å². The van der Waals surface area contributed by atoms with Gasteiger partial charge >= 0.3 is 0 Å². The zero-order valence-corrected chi connectivity index (χ0v) is 9.26. The van der Waals surface area contributed by atoms with Gasteiger partial charge in [-0.05, 0) is 12.1 Å². The first-order chi connectivity index (χ1) is 8.24. The fraction of sp³-hybridized carbons (Fsp3) is 0. The van der Waals surface area contributed by atoms with E-state index in [0.29, 0.717) is 22.2 Å². The molecular weight excluding hydrogens is 243 g/mol. The molecule has 6 heteroatoms. The maximum atomic E-state index is 13.1. The molecule has 0 aliphatic heterocycles. The highest BCUT2D eigenvalue weighted by Gasteiger charge is 2.09. The van der Waals surface area contributed by atoms with Crippen LogP contribution in [0, 0.1) is 5.82 Å². The molecule has 0 bridgehead atoms. The maximum absolute atomic E-state index is 13.1. The first-order valence-corrected chi connectivity index (χ1v) is 5.24. The summed E-state index contributed by atoms with van der Waals surface area (Å²) in [6.45, 7) is 0. The van der Waals surface area contributed by atoms with Gasteiger partial charge in [0.2, 0.25) is 0 Å². The fourth-order valence-electron chi connectivity index (χ4n) is 1.60. The molecule has 0 saturated carbocycles. The van der Waals surface area contributed by atoms with Crippen molar-refractivity contribution in [3.05, 3.63) is 47.6 Å². The van der Waals surface area contributed by atoms with E-state index in [2.05, 4.69) is 15.2 Å². The van der Waals surface area contributed by atoms with Crippen molar-refractivity contribution in [1.82, 2.24) is 19.6 Å². The minimum atomic E-state index is -0.318. The number of rotatable bonds is 1. The van der Waals surface area contributed by atoms with E-state index < -0.39 is 0 Å². The van der Waals surface area contributed by atoms with E-state index in [1.165, 1.54) is 18.5 Å². The van der Waals surface area contributed by atoms with Crippen molar-refractivity contribution in [1.29, 1.82) is 0 Å². The quantitative estimate of drug-likeness (QED) is 0.622. The lowest BCUT2D eigenvalue weighted by Crippen LogP contribution is -1.91. The normalized spacial score (nSPS) is 10.9. The highest BCUT2D eigenvalue weighted by molar-refractivity contribution is 6.29. The SMILES string of the molecule is Fc1cccc(-c2nnc3cc(Cl)ncn23)c1. The third-order valence-electron chi connectivity index (χ3n) is 2.35. The molecule has 0 radical (unpaired) electrons. The van der Waals surface area contributed by atoms with Crippen LogP contribution in [-0.2, 0) is 0 Å². The van der Waals surface area contributed by atoms with Crippen LogP contribution in [0.25, 0.3) is 17.0 Å². The molecule has 2 aromatic heterocycles. The lowest BCUT2D eigenvalue weighted by Gasteiger charge is -1.99. The Hall–Kier alpha value is -2.01. The van der Waals surface area contributed by atoms with E-state index in [0.717, 1.165) is 0 Å². The standard InChI is InChI=1S/C11H6ClFN4/c12-9-5-10-15-16-11(17(10)6-14-9)7-2-1-3-8(13)4-7/h1-6H. The van der Waals surface area contributed by atoms with Gasteiger partial charge in [-0.3, -0.25) is 4.40 Å². The van der Waals surface area contributed by atoms with E-state index in [-0.39, 0.29) is 5.82 Å². The van der Waals surface area contributed by atoms with Gasteiger partial charge in [0.1, 0.15) is 17.3 Å². The molecule has 3 rings (SSSR count). The van der Waals surface area contributed by atoms with Gasteiger partial charge < -0.3 is 0 Å². The highest BCUT2D eigenvalue weighted by atomic mass is 35.5. The molecule has 0 aliphatic rings. The lowest BCUT2D eigenvalue weighted by atomic mass is 10.2. The number of benzene rings is 1. The van der Waals surface area contributed by atoms with Crippen molar-refractivity contribution in [2.45, 2.75) is 0 Å². The summed E-state index contributed by atoms with van der Waals surface area (Å²) in [6, 6.07) is 7.74. The smallest absolute Gasteiger partial charge is 0.169 e. The highest BCUT2D eigenvalue weighted by Crippen LogP contribution is 2.19. The minimum Gasteiger partial charge on any atom is -0.265 e. The summed E-state index contributed by atoms with van der Waals surface area (Å²) in [7, 11) is 0. The molecule has 0 amide bonds. The molecule has 0 unspecified atom stereocenters. The molecule has 0 saturated heterocycles. The van der Waals surface area contributed by atoms with Crippen molar-refractivity contribution in [3.8, 4) is 11.4 Å². The summed E-state index contributed by atoms with van der Waals surface area (Å²) in [6.07, 6.45) is 1.51. The Labute approximate surface area is 101 Å². The zero-order chi connectivity index (χ0) is 11.8. The van der Waals surface area contributed by atoms with Gasteiger partial charge in [-0.2, -0.15) is 0 Å². The predicted molar refractivity (Wildman–Crippen MR) is 61.2 cm³/mol. The van der Waals surface area contributed by atoms with E-state index in [9.17, 15) is 4.39 Å². The summed E-state index contributed by atoms with van der Waals surface area (Å²) < 4.78 is 14.8. The first kappa shape index (κ1) is 10.2. The predicted octanol–water partition coefficient (Wildman–Crippen LogP) is 2.58. The van der Waals surface area contributed by atoms with Crippen LogP contribution in [0.15, 0.2) is 36.7 Å². The molecular formula is C11H6ClFN4. The van der Waals surface area contributed by atoms with Crippen LogP contribution in [0.5, 0.6) is 0 Å². The Balaban J connectivity index is 2.24. The van der Waals surface area contributed by atoms with Gasteiger partial charge in [0, 0.05) is 11.6 Å². The number of fused-ring (bicyclic) bond motifs is 1. The van der Waals surface area contributed by atoms with Crippen LogP contribution in [0.3, 0.4) is 0 Å². The summed E-state index contributed by atoms with van der Waals surface area (Å²) >= 11 is 5.75. The monoisotopic (exact) mass is 248 g/mol. The average Bonchev–Trinajstić information content (AvgIpc) is 2.71. The molecule has 4 nitrogen and oxygen atoms in total. The van der Waals surface area contributed by atoms with Crippen LogP contribution in [-0.4, -0.2) is 19.6 Å². The van der Waals surface area contributed by atoms with E-state index in [1.54, 1.807) is 22.6 Å². The van der Waals surface area contributed by atoms with Gasteiger partial charge in [0.25, 0.3) is 0 Å². The van der Waals surface area contributed by atoms with E-state index in [1.807, 2.05) is 0 Å². The van der Waals surface area contributed by atoms with Gasteiger partial charge in [0.15, 0.2) is 11.5 Å². The zero-order valence-electron chi connectivity index (χ0n) is 8.51. The topological polar surface area (TPSA) is 43.1 Å². The van der Waals surface area contributed by atoms with Crippen LogP contribution in [0.1, 0.15) is 0 Å². The molecule has 3 aromatic rings. The molecule has 84 valence electrons. The average molecular weight is 249 g/mol. The molecule has 17 heavy (non-hydrogen) atoms. The summed E-state index contributed by atoms with van der Waals surface area (Å²) in [5.74, 6) is 0.213. The number of hydrogen-bond acceptors (Lipinski definition) is 3. The molecule has 0 aliphatic carbocycles. The minimum absolute atomic E-state index is 0.318. The first-order valence-electron chi connectivity index (χ1n) is 4.86. The summed E-state index contributed by atoms with van der Waals surface area (Å²) in [4.78, 5) is 3.94. The third-order valence-corrected chi connectivity index (χ3v) is 2.56. The maximum Gasteiger partial charge on any atom is 0.169 e. The number of hydrogen-bond donors (Lipinski definition) is 0. The van der Waals surface area contributed by atoms with Crippen molar-refractivity contribution >= 4 is 17.2 Å². The van der Waals surface area contributed by atoms with Crippen molar-refractivity contribution in [3.63, 3.8) is 0 Å². The Morgan fingerprint density at radius 1 is 1.18 bits per heavy atom. The van der Waals surface area contributed by atoms with Gasteiger partial charge in [-0.25, -0.2) is 9.37 Å². The second-order valence-electron chi connectivity index (χ2n) is 3.47. The Kier molecular flexibility index (Phi) is 2.26. The number of halogens is 2. The molecule has 0 N–H and O–H groups in total. The second-order valence-corrected chi connectivity index (χ2v) is 3.86. The molecule has 0 fully saturated rings. The molecule has 1 aromatic carbocycles.